The van der Waals surface area contributed by atoms with Crippen LogP contribution in [-0.2, 0) is 9.53 Å². The van der Waals surface area contributed by atoms with Crippen LogP contribution < -0.4 is 10.5 Å². The predicted octanol–water partition coefficient (Wildman–Crippen LogP) is 3.43. The number of carbonyl (C=O) groups excluding carboxylic acids is 1. The second-order valence-corrected chi connectivity index (χ2v) is 8.57. The highest BCUT2D eigenvalue weighted by Crippen LogP contribution is 2.35. The highest BCUT2D eigenvalue weighted by molar-refractivity contribution is 5.98. The van der Waals surface area contributed by atoms with Crippen LogP contribution in [-0.4, -0.2) is 56.4 Å². The molecule has 1 atom stereocenters. The Kier molecular flexibility index (Phi) is 5.10. The Bertz CT molecular complexity index is 1330. The molecule has 2 saturated heterocycles. The van der Waals surface area contributed by atoms with Crippen molar-refractivity contribution < 1.29 is 14.3 Å². The molecule has 9 heteroatoms. The molecule has 2 fully saturated rings. The lowest BCUT2D eigenvalue weighted by Crippen LogP contribution is -2.41. The number of nitrogens with two attached hydrogens (primary N) is 1. The molecule has 0 spiro atoms. The third kappa shape index (κ3) is 3.84. The van der Waals surface area contributed by atoms with Crippen LogP contribution in [0.2, 0.25) is 0 Å². The van der Waals surface area contributed by atoms with Gasteiger partial charge >= 0.3 is 0 Å². The van der Waals surface area contributed by atoms with Crippen LogP contribution in [0, 0.1) is 0 Å². The van der Waals surface area contributed by atoms with Crippen LogP contribution in [0.25, 0.3) is 22.3 Å². The Balaban J connectivity index is 1.28. The molecule has 34 heavy (non-hydrogen) atoms. The summed E-state index contributed by atoms with van der Waals surface area (Å²) in [6, 6.07) is 17.5. The SMILES string of the molecule is Nc1ncnc2c1c(-c1ccc(Oc3ccccc3)cc1)nn2C1CCN(C(=O)C2CO2)CC1. The molecule has 0 aliphatic carbocycles. The molecule has 0 bridgehead atoms. The molecule has 0 saturated carbocycles. The Morgan fingerprint density at radius 1 is 1.00 bits per heavy atom. The standard InChI is InChI=1S/C25H24N6O3/c26-23-21-22(16-6-8-19(9-7-16)34-18-4-2-1-3-5-18)29-31(24(21)28-15-27-23)17-10-12-30(13-11-17)25(32)20-14-33-20/h1-9,15,17,20H,10-14H2,(H2,26,27,28). The molecule has 2 aliphatic rings. The monoisotopic (exact) mass is 456 g/mol. The molecule has 172 valence electrons. The van der Waals surface area contributed by atoms with Crippen LogP contribution in [0.4, 0.5) is 5.82 Å². The minimum atomic E-state index is -0.241. The van der Waals surface area contributed by atoms with Gasteiger partial charge in [-0.25, -0.2) is 14.6 Å². The summed E-state index contributed by atoms with van der Waals surface area (Å²) < 4.78 is 13.0. The van der Waals surface area contributed by atoms with Crippen LogP contribution in [0.15, 0.2) is 60.9 Å². The van der Waals surface area contributed by atoms with Gasteiger partial charge in [-0.2, -0.15) is 5.10 Å². The molecule has 2 aromatic heterocycles. The molecule has 4 aromatic rings. The van der Waals surface area contributed by atoms with Crippen LogP contribution >= 0.6 is 0 Å². The first-order valence-electron chi connectivity index (χ1n) is 11.4. The quantitative estimate of drug-likeness (QED) is 0.458. The maximum absolute atomic E-state index is 12.3. The minimum absolute atomic E-state index is 0.0915. The zero-order valence-corrected chi connectivity index (χ0v) is 18.5. The van der Waals surface area contributed by atoms with Crippen molar-refractivity contribution in [3.63, 3.8) is 0 Å². The van der Waals surface area contributed by atoms with Gasteiger partial charge in [0.05, 0.1) is 18.0 Å². The first kappa shape index (κ1) is 20.6. The molecule has 1 unspecified atom stereocenters. The maximum Gasteiger partial charge on any atom is 0.254 e. The number of para-hydroxylation sites is 1. The normalized spacial score (nSPS) is 18.2. The highest BCUT2D eigenvalue weighted by atomic mass is 16.6. The number of epoxide rings is 1. The number of piperidine rings is 1. The van der Waals surface area contributed by atoms with Gasteiger partial charge in [-0.3, -0.25) is 4.79 Å². The zero-order valence-electron chi connectivity index (χ0n) is 18.5. The van der Waals surface area contributed by atoms with Crippen LogP contribution in [0.5, 0.6) is 11.5 Å². The van der Waals surface area contributed by atoms with Gasteiger partial charge in [0.15, 0.2) is 11.8 Å². The summed E-state index contributed by atoms with van der Waals surface area (Å²) in [4.78, 5) is 22.9. The van der Waals surface area contributed by atoms with Crippen molar-refractivity contribution in [3.8, 4) is 22.8 Å². The molecule has 2 N–H and O–H groups in total. The van der Waals surface area contributed by atoms with Crippen molar-refractivity contribution in [3.05, 3.63) is 60.9 Å². The first-order chi connectivity index (χ1) is 16.7. The second-order valence-electron chi connectivity index (χ2n) is 8.57. The van der Waals surface area contributed by atoms with E-state index in [1.165, 1.54) is 6.33 Å². The maximum atomic E-state index is 12.3. The van der Waals surface area contributed by atoms with E-state index in [-0.39, 0.29) is 18.1 Å². The van der Waals surface area contributed by atoms with Gasteiger partial charge in [-0.05, 0) is 49.2 Å². The van der Waals surface area contributed by atoms with Crippen molar-refractivity contribution in [2.45, 2.75) is 25.0 Å². The molecular formula is C25H24N6O3. The van der Waals surface area contributed by atoms with Crippen molar-refractivity contribution in [2.75, 3.05) is 25.4 Å². The van der Waals surface area contributed by atoms with E-state index in [9.17, 15) is 4.79 Å². The lowest BCUT2D eigenvalue weighted by Gasteiger charge is -2.31. The van der Waals surface area contributed by atoms with E-state index in [2.05, 4.69) is 9.97 Å². The van der Waals surface area contributed by atoms with Gasteiger partial charge < -0.3 is 20.1 Å². The number of hydrogen-bond acceptors (Lipinski definition) is 7. The number of likely N-dealkylation sites (tertiary alicyclic amines) is 1. The Labute approximate surface area is 196 Å². The second kappa shape index (κ2) is 8.42. The molecule has 1 amide bonds. The van der Waals surface area contributed by atoms with Crippen molar-refractivity contribution >= 4 is 22.8 Å². The number of nitrogens with zero attached hydrogens (tertiary/aromatic N) is 5. The van der Waals surface area contributed by atoms with Gasteiger partial charge in [0.2, 0.25) is 0 Å². The molecular weight excluding hydrogens is 432 g/mol. The van der Waals surface area contributed by atoms with E-state index >= 15 is 0 Å². The Hall–Kier alpha value is -3.98. The first-order valence-corrected chi connectivity index (χ1v) is 11.4. The molecule has 0 radical (unpaired) electrons. The van der Waals surface area contributed by atoms with E-state index in [0.717, 1.165) is 41.0 Å². The Morgan fingerprint density at radius 3 is 2.41 bits per heavy atom. The summed E-state index contributed by atoms with van der Waals surface area (Å²) in [5.74, 6) is 2.00. The summed E-state index contributed by atoms with van der Waals surface area (Å²) in [6.07, 6.45) is 2.82. The molecule has 2 aliphatic heterocycles. The lowest BCUT2D eigenvalue weighted by atomic mass is 10.0. The zero-order chi connectivity index (χ0) is 23.1. The molecule has 9 nitrogen and oxygen atoms in total. The third-order valence-electron chi connectivity index (χ3n) is 6.36. The van der Waals surface area contributed by atoms with Crippen molar-refractivity contribution in [2.24, 2.45) is 0 Å². The summed E-state index contributed by atoms with van der Waals surface area (Å²) in [6.45, 7) is 1.88. The summed E-state index contributed by atoms with van der Waals surface area (Å²) in [5, 5.41) is 5.68. The summed E-state index contributed by atoms with van der Waals surface area (Å²) in [5.41, 5.74) is 8.63. The number of anilines is 1. The van der Waals surface area contributed by atoms with Crippen LogP contribution in [0.1, 0.15) is 18.9 Å². The predicted molar refractivity (Wildman–Crippen MR) is 126 cm³/mol. The number of nitrogen functional groups attached to an aromatic ring is 1. The van der Waals surface area contributed by atoms with Gasteiger partial charge in [0.1, 0.15) is 29.3 Å². The van der Waals surface area contributed by atoms with E-state index in [1.807, 2.05) is 64.2 Å². The number of ether oxygens (including phenoxy) is 2. The minimum Gasteiger partial charge on any atom is -0.457 e. The van der Waals surface area contributed by atoms with E-state index in [0.29, 0.717) is 31.2 Å². The number of rotatable bonds is 5. The third-order valence-corrected chi connectivity index (χ3v) is 6.36. The van der Waals surface area contributed by atoms with E-state index in [1.54, 1.807) is 0 Å². The number of benzene rings is 2. The fourth-order valence-electron chi connectivity index (χ4n) is 4.48. The summed E-state index contributed by atoms with van der Waals surface area (Å²) >= 11 is 0. The van der Waals surface area contributed by atoms with Crippen molar-refractivity contribution in [1.82, 2.24) is 24.6 Å². The number of fused-ring (bicyclic) bond motifs is 1. The smallest absolute Gasteiger partial charge is 0.254 e. The topological polar surface area (TPSA) is 112 Å². The number of carbonyl (C=O) groups is 1. The van der Waals surface area contributed by atoms with Gasteiger partial charge in [0, 0.05) is 18.7 Å². The van der Waals surface area contributed by atoms with Gasteiger partial charge in [0.25, 0.3) is 5.91 Å². The average molecular weight is 457 g/mol. The summed E-state index contributed by atoms with van der Waals surface area (Å²) in [7, 11) is 0. The fraction of sp³-hybridized carbons (Fsp3) is 0.280. The molecule has 2 aromatic carbocycles. The number of amides is 1. The van der Waals surface area contributed by atoms with Gasteiger partial charge in [-0.15, -0.1) is 0 Å². The van der Waals surface area contributed by atoms with Gasteiger partial charge in [-0.1, -0.05) is 18.2 Å². The average Bonchev–Trinajstić information content (AvgIpc) is 3.65. The van der Waals surface area contributed by atoms with E-state index in [4.69, 9.17) is 20.3 Å². The number of aromatic nitrogens is 4. The molecule has 4 heterocycles. The molecule has 6 rings (SSSR count). The van der Waals surface area contributed by atoms with Crippen molar-refractivity contribution in [1.29, 1.82) is 0 Å². The largest absolute Gasteiger partial charge is 0.457 e. The highest BCUT2D eigenvalue weighted by Gasteiger charge is 2.37. The lowest BCUT2D eigenvalue weighted by molar-refractivity contribution is -0.133. The van der Waals surface area contributed by atoms with E-state index < -0.39 is 0 Å². The number of hydrogen-bond donors (Lipinski definition) is 1. The fourth-order valence-corrected chi connectivity index (χ4v) is 4.48. The Morgan fingerprint density at radius 2 is 1.71 bits per heavy atom. The van der Waals surface area contributed by atoms with Crippen LogP contribution in [0.3, 0.4) is 0 Å².